The number of carbonyl (C=O) groups is 1. The zero-order chi connectivity index (χ0) is 22.4. The third kappa shape index (κ3) is 6.33. The zero-order valence-electron chi connectivity index (χ0n) is 17.9. The van der Waals surface area contributed by atoms with E-state index in [2.05, 4.69) is 33.0 Å². The number of allylic oxidation sites excluding steroid dienone is 1. The van der Waals surface area contributed by atoms with Gasteiger partial charge in [-0.2, -0.15) is 13.2 Å². The van der Waals surface area contributed by atoms with Gasteiger partial charge in [0.1, 0.15) is 6.61 Å². The molecule has 3 rings (SSSR count). The van der Waals surface area contributed by atoms with Crippen LogP contribution in [0.4, 0.5) is 13.2 Å². The summed E-state index contributed by atoms with van der Waals surface area (Å²) in [5, 5.41) is 8.07. The van der Waals surface area contributed by atoms with Gasteiger partial charge in [0.25, 0.3) is 5.91 Å². The lowest BCUT2D eigenvalue weighted by atomic mass is 9.95. The normalized spacial score (nSPS) is 17.0. The highest BCUT2D eigenvalue weighted by Crippen LogP contribution is 2.18. The number of fused-ring (bicyclic) bond motifs is 1. The summed E-state index contributed by atoms with van der Waals surface area (Å²) in [5.74, 6) is 0.287. The molecule has 0 atom stereocenters. The number of nitrogens with zero attached hydrogens (tertiary/aromatic N) is 1. The van der Waals surface area contributed by atoms with E-state index in [1.54, 1.807) is 6.07 Å². The van der Waals surface area contributed by atoms with Crippen LogP contribution in [0, 0.1) is 5.92 Å². The Kier molecular flexibility index (Phi) is 7.78. The van der Waals surface area contributed by atoms with Gasteiger partial charge in [-0.3, -0.25) is 4.79 Å². The Bertz CT molecular complexity index is 921. The van der Waals surface area contributed by atoms with Crippen LogP contribution in [0.3, 0.4) is 0 Å². The summed E-state index contributed by atoms with van der Waals surface area (Å²) in [6.45, 7) is 7.66. The summed E-state index contributed by atoms with van der Waals surface area (Å²) in [6.07, 6.45) is 2.68. The van der Waals surface area contributed by atoms with E-state index in [0.29, 0.717) is 17.9 Å². The third-order valence-corrected chi connectivity index (χ3v) is 5.68. The highest BCUT2D eigenvalue weighted by Gasteiger charge is 2.27. The molecule has 0 radical (unpaired) electrons. The maximum atomic E-state index is 12.7. The fourth-order valence-corrected chi connectivity index (χ4v) is 4.09. The van der Waals surface area contributed by atoms with Crippen molar-refractivity contribution in [3.63, 3.8) is 0 Å². The molecule has 1 saturated heterocycles. The molecule has 5 nitrogen and oxygen atoms in total. The van der Waals surface area contributed by atoms with Crippen LogP contribution in [0.15, 0.2) is 24.4 Å². The van der Waals surface area contributed by atoms with Crippen LogP contribution in [0.5, 0.6) is 0 Å². The Morgan fingerprint density at radius 2 is 2.06 bits per heavy atom. The first-order valence-corrected chi connectivity index (χ1v) is 10.7. The van der Waals surface area contributed by atoms with E-state index in [-0.39, 0.29) is 19.1 Å². The predicted molar refractivity (Wildman–Crippen MR) is 115 cm³/mol. The lowest BCUT2D eigenvalue weighted by molar-refractivity contribution is -0.173. The number of benzene rings is 1. The Labute approximate surface area is 180 Å². The van der Waals surface area contributed by atoms with Gasteiger partial charge in [0.2, 0.25) is 0 Å². The van der Waals surface area contributed by atoms with Crippen LogP contribution < -0.4 is 21.1 Å². The molecule has 0 aliphatic carbocycles. The lowest BCUT2D eigenvalue weighted by Gasteiger charge is -2.31. The molecule has 2 aliphatic heterocycles. The summed E-state index contributed by atoms with van der Waals surface area (Å²) in [7, 11) is 0. The molecule has 2 aliphatic rings. The Morgan fingerprint density at radius 3 is 2.74 bits per heavy atom. The molecule has 31 heavy (non-hydrogen) atoms. The van der Waals surface area contributed by atoms with Gasteiger partial charge in [-0.25, -0.2) is 0 Å². The van der Waals surface area contributed by atoms with E-state index in [9.17, 15) is 18.0 Å². The molecule has 0 saturated carbocycles. The molecule has 2 heterocycles. The first-order chi connectivity index (χ1) is 14.8. The fraction of sp³-hybridized carbons (Fsp3) is 0.522. The molecule has 8 heteroatoms. The number of halogens is 3. The van der Waals surface area contributed by atoms with Crippen LogP contribution in [-0.2, 0) is 11.2 Å². The first kappa shape index (κ1) is 23.3. The topological polar surface area (TPSA) is 53.6 Å². The predicted octanol–water partition coefficient (Wildman–Crippen LogP) is 1.91. The Hall–Kier alpha value is -2.32. The van der Waals surface area contributed by atoms with Gasteiger partial charge in [0, 0.05) is 35.8 Å². The molecule has 0 spiro atoms. The summed E-state index contributed by atoms with van der Waals surface area (Å²) in [5.41, 5.74) is 2.40. The second-order valence-corrected chi connectivity index (χ2v) is 7.98. The molecule has 1 aromatic carbocycles. The Balaban J connectivity index is 1.73. The summed E-state index contributed by atoms with van der Waals surface area (Å²) in [6, 6.07) is 3.66. The van der Waals surface area contributed by atoms with Gasteiger partial charge in [-0.15, -0.1) is 0 Å². The van der Waals surface area contributed by atoms with Crippen LogP contribution in [0.2, 0.25) is 0 Å². The van der Waals surface area contributed by atoms with Crippen molar-refractivity contribution in [2.24, 2.45) is 5.92 Å². The minimum absolute atomic E-state index is 0.0175. The lowest BCUT2D eigenvalue weighted by Crippen LogP contribution is -2.41. The average Bonchev–Trinajstić information content (AvgIpc) is 2.73. The smallest absolute Gasteiger partial charge is 0.370 e. The minimum atomic E-state index is -4.37. The molecule has 170 valence electrons. The number of rotatable bonds is 8. The minimum Gasteiger partial charge on any atom is -0.370 e. The van der Waals surface area contributed by atoms with Crippen LogP contribution >= 0.6 is 0 Å². The second-order valence-electron chi connectivity index (χ2n) is 7.98. The van der Waals surface area contributed by atoms with Crippen molar-refractivity contribution in [1.82, 2.24) is 15.5 Å². The SMILES string of the molecule is C=C1C=c2ccc(C(=O)NCCOCC(F)(F)F)c(CC)c2=CN1CC1CCNCC1. The quantitative estimate of drug-likeness (QED) is 0.610. The molecular formula is C23H30F3N3O2. The number of carbonyl (C=O) groups excluding carboxylic acids is 1. The average molecular weight is 438 g/mol. The zero-order valence-corrected chi connectivity index (χ0v) is 17.9. The van der Waals surface area contributed by atoms with Gasteiger partial charge >= 0.3 is 6.18 Å². The molecule has 0 unspecified atom stereocenters. The summed E-state index contributed by atoms with van der Waals surface area (Å²) < 4.78 is 41.0. The number of hydrogen-bond acceptors (Lipinski definition) is 4. The van der Waals surface area contributed by atoms with Gasteiger partial charge in [0.15, 0.2) is 0 Å². The molecule has 1 amide bonds. The molecule has 2 N–H and O–H groups in total. The second kappa shape index (κ2) is 10.3. The number of amides is 1. The van der Waals surface area contributed by atoms with E-state index >= 15 is 0 Å². The third-order valence-electron chi connectivity index (χ3n) is 5.68. The maximum absolute atomic E-state index is 12.7. The highest BCUT2D eigenvalue weighted by atomic mass is 19.4. The molecule has 1 fully saturated rings. The van der Waals surface area contributed by atoms with Crippen molar-refractivity contribution < 1.29 is 22.7 Å². The fourth-order valence-electron chi connectivity index (χ4n) is 4.09. The van der Waals surface area contributed by atoms with Gasteiger partial charge in [-0.05, 0) is 61.2 Å². The highest BCUT2D eigenvalue weighted by molar-refractivity contribution is 5.95. The van der Waals surface area contributed by atoms with Crippen molar-refractivity contribution in [2.75, 3.05) is 39.4 Å². The van der Waals surface area contributed by atoms with E-state index in [1.165, 1.54) is 0 Å². The van der Waals surface area contributed by atoms with Gasteiger partial charge in [-0.1, -0.05) is 19.6 Å². The largest absolute Gasteiger partial charge is 0.411 e. The maximum Gasteiger partial charge on any atom is 0.411 e. The van der Waals surface area contributed by atoms with Crippen molar-refractivity contribution in [3.05, 3.63) is 46.0 Å². The number of hydrogen-bond donors (Lipinski definition) is 2. The first-order valence-electron chi connectivity index (χ1n) is 10.7. The number of nitrogens with one attached hydrogen (secondary N) is 2. The van der Waals surface area contributed by atoms with Crippen molar-refractivity contribution in [2.45, 2.75) is 32.4 Å². The molecule has 0 bridgehead atoms. The number of ether oxygens (including phenoxy) is 1. The molecule has 1 aromatic rings. The van der Waals surface area contributed by atoms with Crippen LogP contribution in [0.1, 0.15) is 35.7 Å². The Morgan fingerprint density at radius 1 is 1.32 bits per heavy atom. The summed E-state index contributed by atoms with van der Waals surface area (Å²) in [4.78, 5) is 14.9. The van der Waals surface area contributed by atoms with E-state index in [4.69, 9.17) is 0 Å². The van der Waals surface area contributed by atoms with Crippen LogP contribution in [0.25, 0.3) is 12.3 Å². The van der Waals surface area contributed by atoms with E-state index in [1.807, 2.05) is 19.1 Å². The van der Waals surface area contributed by atoms with Crippen LogP contribution in [-0.4, -0.2) is 56.4 Å². The molecular weight excluding hydrogens is 407 g/mol. The monoisotopic (exact) mass is 437 g/mol. The van der Waals surface area contributed by atoms with E-state index in [0.717, 1.165) is 54.2 Å². The van der Waals surface area contributed by atoms with Gasteiger partial charge in [0.05, 0.1) is 6.61 Å². The van der Waals surface area contributed by atoms with Crippen molar-refractivity contribution in [1.29, 1.82) is 0 Å². The standard InChI is InChI=1S/C23H30F3N3O2/c1-3-19-20(22(30)28-10-11-31-15-23(24,25)26)5-4-18-12-16(2)29(14-21(18)19)13-17-6-8-27-9-7-17/h4-5,12,14,17,27H,2-3,6-11,13,15H2,1H3,(H,28,30). The molecule has 0 aromatic heterocycles. The van der Waals surface area contributed by atoms with Crippen molar-refractivity contribution in [3.8, 4) is 0 Å². The summed E-state index contributed by atoms with van der Waals surface area (Å²) >= 11 is 0. The van der Waals surface area contributed by atoms with Gasteiger partial charge < -0.3 is 20.3 Å². The number of piperidine rings is 1. The van der Waals surface area contributed by atoms with Crippen molar-refractivity contribution >= 4 is 18.2 Å². The number of alkyl halides is 3. The van der Waals surface area contributed by atoms with E-state index < -0.39 is 12.8 Å².